The molecule has 0 spiro atoms. The molecule has 0 saturated heterocycles. The highest BCUT2D eigenvalue weighted by Gasteiger charge is 2.49. The number of hydrogen-bond donors (Lipinski definition) is 1. The number of terminal acetylenes is 1. The van der Waals surface area contributed by atoms with Crippen LogP contribution in [0.1, 0.15) is 43.8 Å². The fourth-order valence-electron chi connectivity index (χ4n) is 5.07. The number of nitrogens with zero attached hydrogens (tertiary/aromatic N) is 3. The highest BCUT2D eigenvalue weighted by Crippen LogP contribution is 2.57. The van der Waals surface area contributed by atoms with Crippen LogP contribution < -0.4 is 5.32 Å². The van der Waals surface area contributed by atoms with Crippen LogP contribution in [0, 0.1) is 36.0 Å². The fraction of sp³-hybridized carbons (Fsp3) is 0.750. The van der Waals surface area contributed by atoms with Crippen LogP contribution in [0.4, 0.5) is 0 Å². The molecule has 0 amide bonds. The summed E-state index contributed by atoms with van der Waals surface area (Å²) in [5.41, 5.74) is 1.01. The summed E-state index contributed by atoms with van der Waals surface area (Å²) in [6.45, 7) is 1.31. The molecule has 20 heavy (non-hydrogen) atoms. The van der Waals surface area contributed by atoms with Crippen LogP contribution >= 0.6 is 0 Å². The van der Waals surface area contributed by atoms with E-state index in [0.29, 0.717) is 12.6 Å². The summed E-state index contributed by atoms with van der Waals surface area (Å²) in [5.74, 6) is 6.23. The first-order valence-electron chi connectivity index (χ1n) is 7.88. The lowest BCUT2D eigenvalue weighted by atomic mass is 9.54. The Balaban J connectivity index is 1.49. The van der Waals surface area contributed by atoms with Gasteiger partial charge in [-0.05, 0) is 55.8 Å². The van der Waals surface area contributed by atoms with Crippen molar-refractivity contribution in [1.82, 2.24) is 20.3 Å². The third kappa shape index (κ3) is 2.05. The van der Waals surface area contributed by atoms with Gasteiger partial charge in [0.2, 0.25) is 0 Å². The number of rotatable bonds is 4. The van der Waals surface area contributed by atoms with Gasteiger partial charge in [-0.3, -0.25) is 0 Å². The van der Waals surface area contributed by atoms with Crippen molar-refractivity contribution in [2.45, 2.75) is 44.7 Å². The van der Waals surface area contributed by atoms with Gasteiger partial charge in [-0.15, -0.1) is 6.42 Å². The van der Waals surface area contributed by atoms with Gasteiger partial charge in [0.25, 0.3) is 0 Å². The maximum Gasteiger partial charge on any atom is 0.0965 e. The Hall–Kier alpha value is -1.34. The predicted octanol–water partition coefficient (Wildman–Crippen LogP) is 2.00. The zero-order valence-electron chi connectivity index (χ0n) is 11.8. The molecule has 4 aliphatic rings. The summed E-state index contributed by atoms with van der Waals surface area (Å²) in [4.78, 5) is 2.03. The Morgan fingerprint density at radius 1 is 1.20 bits per heavy atom. The summed E-state index contributed by atoms with van der Waals surface area (Å²) in [5, 5.41) is 12.4. The van der Waals surface area contributed by atoms with Crippen molar-refractivity contribution in [3.63, 3.8) is 0 Å². The van der Waals surface area contributed by atoms with E-state index in [1.165, 1.54) is 32.1 Å². The minimum absolute atomic E-state index is 0.559. The summed E-state index contributed by atoms with van der Waals surface area (Å²) in [6.07, 6.45) is 14.3. The molecule has 1 aromatic rings. The Kier molecular flexibility index (Phi) is 3.03. The summed E-state index contributed by atoms with van der Waals surface area (Å²) in [6, 6.07) is 0.559. The van der Waals surface area contributed by atoms with Crippen molar-refractivity contribution in [3.05, 3.63) is 11.9 Å². The van der Waals surface area contributed by atoms with Gasteiger partial charge in [-0.1, -0.05) is 5.92 Å². The van der Waals surface area contributed by atoms with Crippen molar-refractivity contribution >= 4 is 0 Å². The van der Waals surface area contributed by atoms with Crippen LogP contribution in [0.3, 0.4) is 0 Å². The largest absolute Gasteiger partial charge is 0.300 e. The van der Waals surface area contributed by atoms with Gasteiger partial charge in [0, 0.05) is 6.54 Å². The van der Waals surface area contributed by atoms with E-state index < -0.39 is 0 Å². The molecule has 0 aromatic carbocycles. The lowest BCUT2D eigenvalue weighted by Gasteiger charge is -2.53. The first-order chi connectivity index (χ1) is 9.83. The molecule has 4 nitrogen and oxygen atoms in total. The van der Waals surface area contributed by atoms with Crippen LogP contribution in [0.15, 0.2) is 6.20 Å². The molecule has 0 atom stereocenters. The zero-order chi connectivity index (χ0) is 13.5. The number of aromatic nitrogens is 3. The monoisotopic (exact) mass is 270 g/mol. The Morgan fingerprint density at radius 3 is 2.55 bits per heavy atom. The van der Waals surface area contributed by atoms with E-state index in [9.17, 15) is 0 Å². The van der Waals surface area contributed by atoms with Gasteiger partial charge in [0.05, 0.1) is 24.5 Å². The smallest absolute Gasteiger partial charge is 0.0965 e. The standard InChI is InChI=1S/C16H22N4/c1-2-3-17-9-15-10-18-20(19-15)16-13-5-11-4-12(7-13)8-14(16)6-11/h1,10-14,16-17H,3-9H2. The van der Waals surface area contributed by atoms with E-state index in [2.05, 4.69) is 16.3 Å². The van der Waals surface area contributed by atoms with E-state index in [-0.39, 0.29) is 0 Å². The second-order valence-electron chi connectivity index (χ2n) is 6.89. The molecule has 5 rings (SSSR count). The predicted molar refractivity (Wildman–Crippen MR) is 76.6 cm³/mol. The normalized spacial score (nSPS) is 38.0. The minimum Gasteiger partial charge on any atom is -0.300 e. The molecule has 0 unspecified atom stereocenters. The first kappa shape index (κ1) is 12.4. The van der Waals surface area contributed by atoms with Gasteiger partial charge in [-0.2, -0.15) is 15.0 Å². The highest BCUT2D eigenvalue weighted by atomic mass is 15.5. The second-order valence-corrected chi connectivity index (χ2v) is 6.89. The number of hydrogen-bond acceptors (Lipinski definition) is 3. The van der Waals surface area contributed by atoms with Gasteiger partial charge >= 0.3 is 0 Å². The molecule has 4 fully saturated rings. The summed E-state index contributed by atoms with van der Waals surface area (Å²) in [7, 11) is 0. The molecule has 4 heteroatoms. The highest BCUT2D eigenvalue weighted by molar-refractivity contribution is 5.01. The van der Waals surface area contributed by atoms with Crippen molar-refractivity contribution in [2.24, 2.45) is 23.7 Å². The molecule has 4 saturated carbocycles. The average molecular weight is 270 g/mol. The number of nitrogens with one attached hydrogen (secondary N) is 1. The first-order valence-corrected chi connectivity index (χ1v) is 7.88. The van der Waals surface area contributed by atoms with Crippen LogP contribution in [-0.2, 0) is 6.54 Å². The molecule has 0 aliphatic heterocycles. The van der Waals surface area contributed by atoms with Crippen molar-refractivity contribution in [1.29, 1.82) is 0 Å². The molecule has 1 aromatic heterocycles. The molecule has 1 heterocycles. The molecular weight excluding hydrogens is 248 g/mol. The average Bonchev–Trinajstić information content (AvgIpc) is 2.86. The third-order valence-corrected chi connectivity index (χ3v) is 5.53. The van der Waals surface area contributed by atoms with Gasteiger partial charge in [-0.25, -0.2) is 0 Å². The third-order valence-electron chi connectivity index (χ3n) is 5.53. The van der Waals surface area contributed by atoms with Gasteiger partial charge in [0.1, 0.15) is 0 Å². The fourth-order valence-corrected chi connectivity index (χ4v) is 5.07. The second kappa shape index (κ2) is 4.89. The van der Waals surface area contributed by atoms with Crippen molar-refractivity contribution in [3.8, 4) is 12.3 Å². The SMILES string of the molecule is C#CCNCc1cnn(C2C3CC4CC(C3)CC2C4)n1. The van der Waals surface area contributed by atoms with E-state index in [1.54, 1.807) is 0 Å². The van der Waals surface area contributed by atoms with Crippen LogP contribution in [0.2, 0.25) is 0 Å². The van der Waals surface area contributed by atoms with Crippen LogP contribution in [0.25, 0.3) is 0 Å². The summed E-state index contributed by atoms with van der Waals surface area (Å²) < 4.78 is 0. The van der Waals surface area contributed by atoms with E-state index in [4.69, 9.17) is 11.5 Å². The Morgan fingerprint density at radius 2 is 1.90 bits per heavy atom. The molecule has 1 N–H and O–H groups in total. The van der Waals surface area contributed by atoms with Gasteiger partial charge in [0.15, 0.2) is 0 Å². The molecule has 106 valence electrons. The van der Waals surface area contributed by atoms with Crippen molar-refractivity contribution < 1.29 is 0 Å². The Labute approximate surface area is 120 Å². The Bertz CT molecular complexity index is 499. The zero-order valence-corrected chi connectivity index (χ0v) is 11.8. The molecular formula is C16H22N4. The maximum absolute atomic E-state index is 5.24. The van der Waals surface area contributed by atoms with E-state index >= 15 is 0 Å². The minimum atomic E-state index is 0.559. The quantitative estimate of drug-likeness (QED) is 0.672. The lowest BCUT2D eigenvalue weighted by molar-refractivity contribution is -0.0390. The molecule has 0 radical (unpaired) electrons. The van der Waals surface area contributed by atoms with E-state index in [1.807, 2.05) is 11.0 Å². The molecule has 4 aliphatic carbocycles. The van der Waals surface area contributed by atoms with Crippen molar-refractivity contribution in [2.75, 3.05) is 6.54 Å². The van der Waals surface area contributed by atoms with E-state index in [0.717, 1.165) is 35.9 Å². The molecule has 4 bridgehead atoms. The lowest BCUT2D eigenvalue weighted by Crippen LogP contribution is -2.46. The van der Waals surface area contributed by atoms with Gasteiger partial charge < -0.3 is 5.32 Å². The topological polar surface area (TPSA) is 42.7 Å². The van der Waals surface area contributed by atoms with Crippen LogP contribution in [0.5, 0.6) is 0 Å². The maximum atomic E-state index is 5.24. The van der Waals surface area contributed by atoms with Crippen LogP contribution in [-0.4, -0.2) is 21.5 Å². The summed E-state index contributed by atoms with van der Waals surface area (Å²) >= 11 is 0.